The third kappa shape index (κ3) is 3.40. The Morgan fingerprint density at radius 1 is 1.32 bits per heavy atom. The lowest BCUT2D eigenvalue weighted by atomic mass is 10.2. The van der Waals surface area contributed by atoms with Crippen molar-refractivity contribution in [3.05, 3.63) is 29.8 Å². The zero-order chi connectivity index (χ0) is 14.8. The van der Waals surface area contributed by atoms with Crippen LogP contribution in [-0.2, 0) is 14.8 Å². The highest BCUT2D eigenvalue weighted by Crippen LogP contribution is 2.23. The lowest BCUT2D eigenvalue weighted by molar-refractivity contribution is -0.121. The van der Waals surface area contributed by atoms with Crippen LogP contribution in [0.15, 0.2) is 18.2 Å². The molecule has 8 heteroatoms. The molecule has 5 nitrogen and oxygen atoms in total. The normalized spacial score (nSPS) is 12.9. The first-order chi connectivity index (χ1) is 8.68. The summed E-state index contributed by atoms with van der Waals surface area (Å²) in [6.07, 6.45) is 0.883. The summed E-state index contributed by atoms with van der Waals surface area (Å²) < 4.78 is 50.2. The van der Waals surface area contributed by atoms with Crippen LogP contribution in [0.5, 0.6) is 0 Å². The van der Waals surface area contributed by atoms with Crippen molar-refractivity contribution in [2.45, 2.75) is 13.0 Å². The van der Waals surface area contributed by atoms with Gasteiger partial charge in [-0.15, -0.1) is 0 Å². The van der Waals surface area contributed by atoms with Crippen LogP contribution >= 0.6 is 0 Å². The lowest BCUT2D eigenvalue weighted by Gasteiger charge is -2.27. The number of anilines is 1. The van der Waals surface area contributed by atoms with Crippen LogP contribution in [0.25, 0.3) is 0 Å². The summed E-state index contributed by atoms with van der Waals surface area (Å²) in [5, 5.41) is 2.30. The zero-order valence-corrected chi connectivity index (χ0v) is 11.5. The Kier molecular flexibility index (Phi) is 4.46. The average molecular weight is 292 g/mol. The Bertz CT molecular complexity index is 590. The van der Waals surface area contributed by atoms with Gasteiger partial charge < -0.3 is 5.32 Å². The van der Waals surface area contributed by atoms with E-state index in [1.807, 2.05) is 0 Å². The van der Waals surface area contributed by atoms with Crippen molar-refractivity contribution in [2.24, 2.45) is 0 Å². The van der Waals surface area contributed by atoms with Gasteiger partial charge in [0.05, 0.1) is 11.9 Å². The second kappa shape index (κ2) is 5.52. The van der Waals surface area contributed by atoms with E-state index in [1.165, 1.54) is 14.0 Å². The van der Waals surface area contributed by atoms with Crippen LogP contribution in [0.1, 0.15) is 6.92 Å². The molecule has 0 bridgehead atoms. The summed E-state index contributed by atoms with van der Waals surface area (Å²) in [5.74, 6) is -2.84. The van der Waals surface area contributed by atoms with Crippen LogP contribution in [0.4, 0.5) is 14.5 Å². The molecule has 0 aromatic heterocycles. The largest absolute Gasteiger partial charge is 0.357 e. The molecule has 1 aromatic carbocycles. The molecule has 1 aromatic rings. The number of nitrogens with zero attached hydrogens (tertiary/aromatic N) is 1. The molecule has 106 valence electrons. The molecule has 1 N–H and O–H groups in total. The molecule has 0 aliphatic heterocycles. The fraction of sp³-hybridized carbons (Fsp3) is 0.364. The molecule has 0 aliphatic carbocycles. The van der Waals surface area contributed by atoms with Crippen molar-refractivity contribution in [1.82, 2.24) is 5.32 Å². The van der Waals surface area contributed by atoms with Gasteiger partial charge in [-0.25, -0.2) is 17.2 Å². The number of hydrogen-bond donors (Lipinski definition) is 1. The number of likely N-dealkylation sites (N-methyl/N-ethyl adjacent to an activating group) is 1. The van der Waals surface area contributed by atoms with Crippen LogP contribution in [0.2, 0.25) is 0 Å². The highest BCUT2D eigenvalue weighted by Gasteiger charge is 2.29. The third-order valence-corrected chi connectivity index (χ3v) is 3.73. The number of halogens is 2. The molecule has 1 amide bonds. The minimum Gasteiger partial charge on any atom is -0.357 e. The predicted octanol–water partition coefficient (Wildman–Crippen LogP) is 0.865. The molecule has 0 aliphatic rings. The van der Waals surface area contributed by atoms with Gasteiger partial charge in [-0.3, -0.25) is 9.10 Å². The van der Waals surface area contributed by atoms with E-state index < -0.39 is 33.6 Å². The van der Waals surface area contributed by atoms with Gasteiger partial charge in [0.25, 0.3) is 0 Å². The molecule has 19 heavy (non-hydrogen) atoms. The molecule has 0 fully saturated rings. The van der Waals surface area contributed by atoms with Gasteiger partial charge >= 0.3 is 0 Å². The predicted molar refractivity (Wildman–Crippen MR) is 67.2 cm³/mol. The second-order valence-corrected chi connectivity index (χ2v) is 5.81. The number of benzene rings is 1. The van der Waals surface area contributed by atoms with Crippen molar-refractivity contribution in [3.63, 3.8) is 0 Å². The van der Waals surface area contributed by atoms with E-state index in [4.69, 9.17) is 0 Å². The van der Waals surface area contributed by atoms with Crippen LogP contribution in [-0.4, -0.2) is 33.7 Å². The van der Waals surface area contributed by atoms with E-state index in [1.54, 1.807) is 0 Å². The molecule has 1 atom stereocenters. The lowest BCUT2D eigenvalue weighted by Crippen LogP contribution is -2.47. The zero-order valence-electron chi connectivity index (χ0n) is 10.6. The third-order valence-electron chi connectivity index (χ3n) is 2.49. The van der Waals surface area contributed by atoms with Crippen molar-refractivity contribution in [1.29, 1.82) is 0 Å². The summed E-state index contributed by atoms with van der Waals surface area (Å²) >= 11 is 0. The highest BCUT2D eigenvalue weighted by molar-refractivity contribution is 7.92. The number of rotatable bonds is 4. The monoisotopic (exact) mass is 292 g/mol. The van der Waals surface area contributed by atoms with Crippen LogP contribution < -0.4 is 9.62 Å². The van der Waals surface area contributed by atoms with E-state index in [9.17, 15) is 22.0 Å². The number of amides is 1. The Labute approximate surface area is 110 Å². The van der Waals surface area contributed by atoms with E-state index in [-0.39, 0.29) is 5.69 Å². The van der Waals surface area contributed by atoms with Gasteiger partial charge in [0, 0.05) is 13.1 Å². The molecule has 0 saturated carbocycles. The molecule has 0 radical (unpaired) electrons. The van der Waals surface area contributed by atoms with E-state index in [0.29, 0.717) is 0 Å². The van der Waals surface area contributed by atoms with Crippen molar-refractivity contribution < 1.29 is 22.0 Å². The van der Waals surface area contributed by atoms with Gasteiger partial charge in [-0.1, -0.05) is 0 Å². The first kappa shape index (κ1) is 15.4. The molecule has 0 saturated heterocycles. The number of carbonyl (C=O) groups is 1. The first-order valence-corrected chi connectivity index (χ1v) is 7.19. The smallest absolute Gasteiger partial charge is 0.243 e. The minimum absolute atomic E-state index is 0.113. The summed E-state index contributed by atoms with van der Waals surface area (Å²) in [4.78, 5) is 11.5. The maximum absolute atomic E-state index is 13.2. The Morgan fingerprint density at radius 2 is 1.89 bits per heavy atom. The van der Waals surface area contributed by atoms with Crippen LogP contribution in [0, 0.1) is 11.6 Å². The summed E-state index contributed by atoms with van der Waals surface area (Å²) in [6.45, 7) is 1.35. The van der Waals surface area contributed by atoms with Gasteiger partial charge in [0.1, 0.15) is 6.04 Å². The summed E-state index contributed by atoms with van der Waals surface area (Å²) in [7, 11) is -2.47. The van der Waals surface area contributed by atoms with Crippen LogP contribution in [0.3, 0.4) is 0 Å². The minimum atomic E-state index is -3.82. The van der Waals surface area contributed by atoms with Crippen molar-refractivity contribution >= 4 is 21.6 Å². The van der Waals surface area contributed by atoms with Crippen molar-refractivity contribution in [2.75, 3.05) is 17.6 Å². The number of hydrogen-bond acceptors (Lipinski definition) is 3. The quantitative estimate of drug-likeness (QED) is 0.895. The fourth-order valence-electron chi connectivity index (χ4n) is 1.64. The van der Waals surface area contributed by atoms with Gasteiger partial charge in [-0.2, -0.15) is 0 Å². The highest BCUT2D eigenvalue weighted by atomic mass is 32.2. The van der Waals surface area contributed by atoms with Gasteiger partial charge in [-0.05, 0) is 19.1 Å². The van der Waals surface area contributed by atoms with Gasteiger partial charge in [0.2, 0.25) is 15.9 Å². The molecule has 0 heterocycles. The SMILES string of the molecule is CNC(=O)[C@H](C)N(c1ccc(F)c(F)c1)S(C)(=O)=O. The standard InChI is InChI=1S/C11H14F2N2O3S/c1-7(11(16)14-2)15(19(3,17)18)8-4-5-9(12)10(13)6-8/h4-7H,1-3H3,(H,14,16)/t7-/m0/s1. The molecule has 1 rings (SSSR count). The second-order valence-electron chi connectivity index (χ2n) is 3.95. The number of carbonyl (C=O) groups excluding carboxylic acids is 1. The van der Waals surface area contributed by atoms with Crippen molar-refractivity contribution in [3.8, 4) is 0 Å². The molecule has 0 spiro atoms. The average Bonchev–Trinajstić information content (AvgIpc) is 2.31. The summed E-state index contributed by atoms with van der Waals surface area (Å²) in [5.41, 5.74) is -0.113. The Balaban J connectivity index is 3.33. The topological polar surface area (TPSA) is 66.5 Å². The fourth-order valence-corrected chi connectivity index (χ4v) is 2.81. The maximum Gasteiger partial charge on any atom is 0.243 e. The number of nitrogens with one attached hydrogen (secondary N) is 1. The van der Waals surface area contributed by atoms with E-state index in [0.717, 1.165) is 28.8 Å². The van der Waals surface area contributed by atoms with E-state index >= 15 is 0 Å². The van der Waals surface area contributed by atoms with E-state index in [2.05, 4.69) is 5.32 Å². The molecular weight excluding hydrogens is 278 g/mol. The maximum atomic E-state index is 13.2. The molecular formula is C11H14F2N2O3S. The number of sulfonamides is 1. The Morgan fingerprint density at radius 3 is 2.32 bits per heavy atom. The molecule has 0 unspecified atom stereocenters. The Hall–Kier alpha value is -1.70. The van der Waals surface area contributed by atoms with Gasteiger partial charge in [0.15, 0.2) is 11.6 Å². The first-order valence-electron chi connectivity index (χ1n) is 5.34. The summed E-state index contributed by atoms with van der Waals surface area (Å²) in [6, 6.07) is 1.55.